The van der Waals surface area contributed by atoms with E-state index in [4.69, 9.17) is 9.84 Å². The van der Waals surface area contributed by atoms with E-state index in [2.05, 4.69) is 18.7 Å². The van der Waals surface area contributed by atoms with E-state index < -0.39 is 11.9 Å². The Bertz CT molecular complexity index is 443. The van der Waals surface area contributed by atoms with Gasteiger partial charge in [-0.25, -0.2) is 0 Å². The maximum Gasteiger partial charge on any atom is 0.308 e. The number of aryl methyl sites for hydroxylation is 1. The van der Waals surface area contributed by atoms with E-state index in [0.29, 0.717) is 6.54 Å². The number of carboxylic acid groups (broad SMARTS) is 1. The van der Waals surface area contributed by atoms with Crippen molar-refractivity contribution in [3.8, 4) is 5.75 Å². The van der Waals surface area contributed by atoms with Gasteiger partial charge in [0.1, 0.15) is 5.75 Å². The van der Waals surface area contributed by atoms with Crippen LogP contribution in [0.5, 0.6) is 5.75 Å². The summed E-state index contributed by atoms with van der Waals surface area (Å²) in [7, 11) is 1.63. The third kappa shape index (κ3) is 3.88. The molecule has 1 atom stereocenters. The molecule has 4 nitrogen and oxygen atoms in total. The minimum atomic E-state index is -0.780. The van der Waals surface area contributed by atoms with Crippen molar-refractivity contribution in [1.82, 2.24) is 0 Å². The van der Waals surface area contributed by atoms with Crippen molar-refractivity contribution < 1.29 is 14.6 Å². The normalized spacial score (nSPS) is 12.3. The molecule has 1 unspecified atom stereocenters. The molecule has 0 saturated heterocycles. The van der Waals surface area contributed by atoms with Crippen LogP contribution in [0.15, 0.2) is 18.2 Å². The average Bonchev–Trinajstić information content (AvgIpc) is 2.34. The standard InChI is InChI=1S/C15H23NO3/c1-10(2)16(9-12(4)15(17)18)13-8-11(3)6-7-14(13)19-5/h6-8,10,12H,9H2,1-5H3,(H,17,18). The molecule has 0 fully saturated rings. The molecule has 0 aromatic heterocycles. The summed E-state index contributed by atoms with van der Waals surface area (Å²) in [4.78, 5) is 13.1. The molecule has 4 heteroatoms. The van der Waals surface area contributed by atoms with Crippen LogP contribution in [0.1, 0.15) is 26.3 Å². The molecule has 0 aliphatic rings. The largest absolute Gasteiger partial charge is 0.495 e. The number of methoxy groups -OCH3 is 1. The number of carboxylic acids is 1. The smallest absolute Gasteiger partial charge is 0.308 e. The molecule has 1 aromatic rings. The Morgan fingerprint density at radius 1 is 1.37 bits per heavy atom. The third-order valence-electron chi connectivity index (χ3n) is 3.16. The van der Waals surface area contributed by atoms with Crippen LogP contribution in [0.25, 0.3) is 0 Å². The maximum atomic E-state index is 11.1. The summed E-state index contributed by atoms with van der Waals surface area (Å²) < 4.78 is 5.38. The number of nitrogens with zero attached hydrogens (tertiary/aromatic N) is 1. The number of ether oxygens (including phenoxy) is 1. The van der Waals surface area contributed by atoms with Crippen molar-refractivity contribution in [2.45, 2.75) is 33.7 Å². The highest BCUT2D eigenvalue weighted by atomic mass is 16.5. The lowest BCUT2D eigenvalue weighted by Crippen LogP contribution is -2.37. The molecule has 1 N–H and O–H groups in total. The Kier molecular flexibility index (Phi) is 5.21. The lowest BCUT2D eigenvalue weighted by molar-refractivity contribution is -0.140. The van der Waals surface area contributed by atoms with Gasteiger partial charge in [-0.05, 0) is 38.5 Å². The fourth-order valence-electron chi connectivity index (χ4n) is 1.98. The molecular formula is C15H23NO3. The second-order valence-corrected chi connectivity index (χ2v) is 5.16. The Labute approximate surface area is 115 Å². The Balaban J connectivity index is 3.11. The minimum Gasteiger partial charge on any atom is -0.495 e. The zero-order valence-electron chi connectivity index (χ0n) is 12.3. The summed E-state index contributed by atoms with van der Waals surface area (Å²) in [6, 6.07) is 6.15. The van der Waals surface area contributed by atoms with Crippen molar-refractivity contribution in [2.75, 3.05) is 18.6 Å². The minimum absolute atomic E-state index is 0.206. The molecule has 1 aromatic carbocycles. The maximum absolute atomic E-state index is 11.1. The number of aliphatic carboxylic acids is 1. The van der Waals surface area contributed by atoms with Crippen molar-refractivity contribution >= 4 is 11.7 Å². The number of rotatable bonds is 6. The van der Waals surface area contributed by atoms with Crippen LogP contribution in [0, 0.1) is 12.8 Å². The zero-order valence-corrected chi connectivity index (χ0v) is 12.3. The van der Waals surface area contributed by atoms with E-state index in [1.807, 2.05) is 25.1 Å². The number of hydrogen-bond acceptors (Lipinski definition) is 3. The molecule has 0 aliphatic carbocycles. The van der Waals surface area contributed by atoms with Crippen molar-refractivity contribution in [1.29, 1.82) is 0 Å². The first-order chi connectivity index (χ1) is 8.86. The van der Waals surface area contributed by atoms with Crippen LogP contribution in [-0.2, 0) is 4.79 Å². The van der Waals surface area contributed by atoms with Crippen LogP contribution in [0.2, 0.25) is 0 Å². The highest BCUT2D eigenvalue weighted by Gasteiger charge is 2.21. The highest BCUT2D eigenvalue weighted by Crippen LogP contribution is 2.31. The summed E-state index contributed by atoms with van der Waals surface area (Å²) in [5.74, 6) is -0.429. The SMILES string of the molecule is COc1ccc(C)cc1N(CC(C)C(=O)O)C(C)C. The third-order valence-corrected chi connectivity index (χ3v) is 3.16. The van der Waals surface area contributed by atoms with E-state index in [0.717, 1.165) is 17.0 Å². The summed E-state index contributed by atoms with van der Waals surface area (Å²) in [6.45, 7) is 8.31. The molecular weight excluding hydrogens is 242 g/mol. The van der Waals surface area contributed by atoms with Gasteiger partial charge in [0, 0.05) is 12.6 Å². The highest BCUT2D eigenvalue weighted by molar-refractivity contribution is 5.71. The summed E-state index contributed by atoms with van der Waals surface area (Å²) >= 11 is 0. The first-order valence-corrected chi connectivity index (χ1v) is 6.51. The second kappa shape index (κ2) is 6.45. The number of carbonyl (C=O) groups is 1. The first kappa shape index (κ1) is 15.3. The van der Waals surface area contributed by atoms with Gasteiger partial charge in [-0.2, -0.15) is 0 Å². The van der Waals surface area contributed by atoms with Gasteiger partial charge in [0.25, 0.3) is 0 Å². The summed E-state index contributed by atoms with van der Waals surface area (Å²) in [6.07, 6.45) is 0. The number of benzene rings is 1. The van der Waals surface area contributed by atoms with Crippen LogP contribution in [0.3, 0.4) is 0 Å². The van der Waals surface area contributed by atoms with E-state index >= 15 is 0 Å². The van der Waals surface area contributed by atoms with Gasteiger partial charge in [0.2, 0.25) is 0 Å². The lowest BCUT2D eigenvalue weighted by Gasteiger charge is -2.32. The molecule has 0 spiro atoms. The predicted molar refractivity (Wildman–Crippen MR) is 77.0 cm³/mol. The Morgan fingerprint density at radius 3 is 2.47 bits per heavy atom. The van der Waals surface area contributed by atoms with Gasteiger partial charge >= 0.3 is 5.97 Å². The Morgan fingerprint density at radius 2 is 2.00 bits per heavy atom. The van der Waals surface area contributed by atoms with Crippen LogP contribution in [0.4, 0.5) is 5.69 Å². The Hall–Kier alpha value is -1.71. The summed E-state index contributed by atoms with van der Waals surface area (Å²) in [5.41, 5.74) is 2.08. The number of anilines is 1. The molecule has 0 heterocycles. The van der Waals surface area contributed by atoms with E-state index in [9.17, 15) is 4.79 Å². The van der Waals surface area contributed by atoms with Crippen LogP contribution < -0.4 is 9.64 Å². The van der Waals surface area contributed by atoms with Gasteiger partial charge in [0.05, 0.1) is 18.7 Å². The fourth-order valence-corrected chi connectivity index (χ4v) is 1.98. The summed E-state index contributed by atoms with van der Waals surface area (Å²) in [5, 5.41) is 9.08. The van der Waals surface area contributed by atoms with Gasteiger partial charge in [0.15, 0.2) is 0 Å². The van der Waals surface area contributed by atoms with E-state index in [-0.39, 0.29) is 6.04 Å². The van der Waals surface area contributed by atoms with Gasteiger partial charge in [-0.1, -0.05) is 13.0 Å². The fraction of sp³-hybridized carbons (Fsp3) is 0.533. The quantitative estimate of drug-likeness (QED) is 0.859. The lowest BCUT2D eigenvalue weighted by atomic mass is 10.1. The monoisotopic (exact) mass is 265 g/mol. The molecule has 0 radical (unpaired) electrons. The van der Waals surface area contributed by atoms with E-state index in [1.54, 1.807) is 14.0 Å². The van der Waals surface area contributed by atoms with Crippen LogP contribution >= 0.6 is 0 Å². The molecule has 0 saturated carbocycles. The van der Waals surface area contributed by atoms with Gasteiger partial charge in [-0.15, -0.1) is 0 Å². The van der Waals surface area contributed by atoms with Gasteiger partial charge < -0.3 is 14.7 Å². The van der Waals surface area contributed by atoms with Crippen molar-refractivity contribution in [2.24, 2.45) is 5.92 Å². The van der Waals surface area contributed by atoms with Crippen molar-refractivity contribution in [3.05, 3.63) is 23.8 Å². The van der Waals surface area contributed by atoms with Crippen molar-refractivity contribution in [3.63, 3.8) is 0 Å². The van der Waals surface area contributed by atoms with E-state index in [1.165, 1.54) is 0 Å². The topological polar surface area (TPSA) is 49.8 Å². The average molecular weight is 265 g/mol. The molecule has 19 heavy (non-hydrogen) atoms. The molecule has 1 rings (SSSR count). The zero-order chi connectivity index (χ0) is 14.6. The molecule has 0 aliphatic heterocycles. The number of hydrogen-bond donors (Lipinski definition) is 1. The molecule has 106 valence electrons. The second-order valence-electron chi connectivity index (χ2n) is 5.16. The molecule has 0 bridgehead atoms. The van der Waals surface area contributed by atoms with Gasteiger partial charge in [-0.3, -0.25) is 4.79 Å². The molecule has 0 amide bonds. The predicted octanol–water partition coefficient (Wildman–Crippen LogP) is 2.94. The van der Waals surface area contributed by atoms with Crippen LogP contribution in [-0.4, -0.2) is 30.8 Å². The first-order valence-electron chi connectivity index (χ1n) is 6.51.